The van der Waals surface area contributed by atoms with E-state index in [9.17, 15) is 13.6 Å². The van der Waals surface area contributed by atoms with Crippen LogP contribution in [0.3, 0.4) is 0 Å². The fourth-order valence-corrected chi connectivity index (χ4v) is 1.31. The SMILES string of the molecule is CCOc1cc(NC(=O)CCl)ccc1OC(F)F. The second kappa shape index (κ2) is 7.00. The molecule has 0 saturated carbocycles. The third-order valence-corrected chi connectivity index (χ3v) is 2.11. The lowest BCUT2D eigenvalue weighted by Crippen LogP contribution is -2.13. The Hall–Kier alpha value is -1.56. The first-order valence-corrected chi connectivity index (χ1v) is 5.67. The van der Waals surface area contributed by atoms with Crippen LogP contribution in [0.1, 0.15) is 6.92 Å². The molecule has 0 spiro atoms. The molecule has 1 amide bonds. The molecule has 0 atom stereocenters. The van der Waals surface area contributed by atoms with Gasteiger partial charge in [-0.2, -0.15) is 8.78 Å². The number of ether oxygens (including phenoxy) is 2. The third-order valence-electron chi connectivity index (χ3n) is 1.86. The van der Waals surface area contributed by atoms with Crippen LogP contribution in [0.15, 0.2) is 18.2 Å². The normalized spacial score (nSPS) is 10.3. The number of carbonyl (C=O) groups is 1. The Bertz CT molecular complexity index is 415. The van der Waals surface area contributed by atoms with Crippen LogP contribution in [0.5, 0.6) is 11.5 Å². The van der Waals surface area contributed by atoms with Gasteiger partial charge in [0.05, 0.1) is 6.61 Å². The van der Waals surface area contributed by atoms with Crippen LogP contribution in [0.25, 0.3) is 0 Å². The topological polar surface area (TPSA) is 47.6 Å². The molecule has 4 nitrogen and oxygen atoms in total. The highest BCUT2D eigenvalue weighted by Crippen LogP contribution is 2.31. The lowest BCUT2D eigenvalue weighted by molar-refractivity contribution is -0.113. The Balaban J connectivity index is 2.91. The van der Waals surface area contributed by atoms with E-state index in [-0.39, 0.29) is 24.0 Å². The van der Waals surface area contributed by atoms with Crippen molar-refractivity contribution in [3.05, 3.63) is 18.2 Å². The lowest BCUT2D eigenvalue weighted by atomic mass is 10.2. The number of hydrogen-bond acceptors (Lipinski definition) is 3. The molecule has 0 unspecified atom stereocenters. The average molecular weight is 280 g/mol. The van der Waals surface area contributed by atoms with Gasteiger partial charge < -0.3 is 14.8 Å². The highest BCUT2D eigenvalue weighted by molar-refractivity contribution is 6.29. The smallest absolute Gasteiger partial charge is 0.387 e. The van der Waals surface area contributed by atoms with Crippen LogP contribution in [-0.4, -0.2) is 25.0 Å². The van der Waals surface area contributed by atoms with Gasteiger partial charge in [-0.1, -0.05) is 0 Å². The Labute approximate surface area is 108 Å². The molecule has 0 aromatic heterocycles. The first kappa shape index (κ1) is 14.5. The van der Waals surface area contributed by atoms with Crippen LogP contribution in [-0.2, 0) is 4.79 Å². The standard InChI is InChI=1S/C11H12ClF2NO3/c1-2-17-9-5-7(15-10(16)6-12)3-4-8(9)18-11(13)14/h3-5,11H,2,6H2,1H3,(H,15,16). The predicted octanol–water partition coefficient (Wildman–Crippen LogP) is 2.86. The summed E-state index contributed by atoms with van der Waals surface area (Å²) in [6, 6.07) is 4.11. The van der Waals surface area contributed by atoms with E-state index in [0.29, 0.717) is 5.69 Å². The summed E-state index contributed by atoms with van der Waals surface area (Å²) in [6.45, 7) is -0.949. The molecule has 1 aromatic rings. The summed E-state index contributed by atoms with van der Waals surface area (Å²) < 4.78 is 33.7. The van der Waals surface area contributed by atoms with Crippen LogP contribution >= 0.6 is 11.6 Å². The molecule has 0 aliphatic rings. The fourth-order valence-electron chi connectivity index (χ4n) is 1.24. The molecule has 0 radical (unpaired) electrons. The molecular formula is C11H12ClF2NO3. The highest BCUT2D eigenvalue weighted by Gasteiger charge is 2.12. The Kier molecular flexibility index (Phi) is 5.64. The number of hydrogen-bond donors (Lipinski definition) is 1. The second-order valence-corrected chi connectivity index (χ2v) is 3.42. The van der Waals surface area contributed by atoms with Crippen LogP contribution in [0.4, 0.5) is 14.5 Å². The number of nitrogens with one attached hydrogen (secondary N) is 1. The van der Waals surface area contributed by atoms with E-state index in [0.717, 1.165) is 0 Å². The van der Waals surface area contributed by atoms with Gasteiger partial charge in [0, 0.05) is 11.8 Å². The molecule has 0 aliphatic heterocycles. The van der Waals surface area contributed by atoms with Gasteiger partial charge >= 0.3 is 6.61 Å². The van der Waals surface area contributed by atoms with Gasteiger partial charge in [0.1, 0.15) is 5.88 Å². The number of amides is 1. The van der Waals surface area contributed by atoms with E-state index >= 15 is 0 Å². The van der Waals surface area contributed by atoms with Crippen molar-refractivity contribution >= 4 is 23.2 Å². The van der Waals surface area contributed by atoms with Gasteiger partial charge in [0.2, 0.25) is 5.91 Å². The summed E-state index contributed by atoms with van der Waals surface area (Å²) in [6.07, 6.45) is 0. The van der Waals surface area contributed by atoms with Gasteiger partial charge in [0.15, 0.2) is 11.5 Å². The average Bonchev–Trinajstić information content (AvgIpc) is 2.32. The number of anilines is 1. The van der Waals surface area contributed by atoms with E-state index in [1.807, 2.05) is 0 Å². The Morgan fingerprint density at radius 1 is 1.44 bits per heavy atom. The molecule has 0 bridgehead atoms. The minimum absolute atomic E-state index is 0.0873. The quantitative estimate of drug-likeness (QED) is 0.815. The van der Waals surface area contributed by atoms with Crippen molar-refractivity contribution in [2.24, 2.45) is 0 Å². The Morgan fingerprint density at radius 2 is 2.17 bits per heavy atom. The molecule has 0 saturated heterocycles. The van der Waals surface area contributed by atoms with Gasteiger partial charge in [-0.15, -0.1) is 11.6 Å². The van der Waals surface area contributed by atoms with Crippen LogP contribution < -0.4 is 14.8 Å². The largest absolute Gasteiger partial charge is 0.490 e. The summed E-state index contributed by atoms with van der Waals surface area (Å²) in [4.78, 5) is 11.1. The second-order valence-electron chi connectivity index (χ2n) is 3.15. The number of halogens is 3. The van der Waals surface area contributed by atoms with Crippen molar-refractivity contribution < 1.29 is 23.0 Å². The molecule has 0 heterocycles. The van der Waals surface area contributed by atoms with Crippen molar-refractivity contribution in [3.8, 4) is 11.5 Å². The van der Waals surface area contributed by atoms with E-state index < -0.39 is 12.5 Å². The summed E-state index contributed by atoms with van der Waals surface area (Å²) in [5.41, 5.74) is 0.394. The number of benzene rings is 1. The zero-order valence-electron chi connectivity index (χ0n) is 9.58. The minimum Gasteiger partial charge on any atom is -0.490 e. The molecule has 0 fully saturated rings. The Morgan fingerprint density at radius 3 is 2.72 bits per heavy atom. The van der Waals surface area contributed by atoms with Gasteiger partial charge in [-0.05, 0) is 19.1 Å². The van der Waals surface area contributed by atoms with Crippen molar-refractivity contribution in [2.75, 3.05) is 17.8 Å². The maximum absolute atomic E-state index is 12.1. The van der Waals surface area contributed by atoms with Crippen molar-refractivity contribution in [1.82, 2.24) is 0 Å². The number of alkyl halides is 3. The van der Waals surface area contributed by atoms with Crippen molar-refractivity contribution in [2.45, 2.75) is 13.5 Å². The monoisotopic (exact) mass is 279 g/mol. The predicted molar refractivity (Wildman–Crippen MR) is 63.6 cm³/mol. The molecular weight excluding hydrogens is 268 g/mol. The highest BCUT2D eigenvalue weighted by atomic mass is 35.5. The zero-order chi connectivity index (χ0) is 13.5. The first-order chi connectivity index (χ1) is 8.56. The van der Waals surface area contributed by atoms with Gasteiger partial charge in [-0.25, -0.2) is 0 Å². The van der Waals surface area contributed by atoms with E-state index in [1.165, 1.54) is 18.2 Å². The summed E-state index contributed by atoms with van der Waals surface area (Å²) in [7, 11) is 0. The minimum atomic E-state index is -2.94. The fraction of sp³-hybridized carbons (Fsp3) is 0.364. The molecule has 1 N–H and O–H groups in total. The van der Waals surface area contributed by atoms with E-state index in [4.69, 9.17) is 16.3 Å². The molecule has 100 valence electrons. The maximum Gasteiger partial charge on any atom is 0.387 e. The number of rotatable bonds is 6. The lowest BCUT2D eigenvalue weighted by Gasteiger charge is -2.12. The molecule has 7 heteroatoms. The summed E-state index contributed by atoms with van der Waals surface area (Å²) >= 11 is 5.34. The van der Waals surface area contributed by atoms with Crippen molar-refractivity contribution in [1.29, 1.82) is 0 Å². The van der Waals surface area contributed by atoms with Crippen LogP contribution in [0, 0.1) is 0 Å². The molecule has 18 heavy (non-hydrogen) atoms. The van der Waals surface area contributed by atoms with Crippen molar-refractivity contribution in [3.63, 3.8) is 0 Å². The van der Waals surface area contributed by atoms with E-state index in [1.54, 1.807) is 6.92 Å². The van der Waals surface area contributed by atoms with Gasteiger partial charge in [-0.3, -0.25) is 4.79 Å². The summed E-state index contributed by atoms with van der Waals surface area (Å²) in [5, 5.41) is 2.48. The summed E-state index contributed by atoms with van der Waals surface area (Å²) in [5.74, 6) is -0.554. The molecule has 0 aliphatic carbocycles. The van der Waals surface area contributed by atoms with E-state index in [2.05, 4.69) is 10.1 Å². The zero-order valence-corrected chi connectivity index (χ0v) is 10.3. The molecule has 1 aromatic carbocycles. The van der Waals surface area contributed by atoms with Gasteiger partial charge in [0.25, 0.3) is 0 Å². The molecule has 1 rings (SSSR count). The maximum atomic E-state index is 12.1. The first-order valence-electron chi connectivity index (χ1n) is 5.14. The van der Waals surface area contributed by atoms with Crippen LogP contribution in [0.2, 0.25) is 0 Å². The number of carbonyl (C=O) groups excluding carboxylic acids is 1. The third kappa shape index (κ3) is 4.37.